The van der Waals surface area contributed by atoms with Crippen LogP contribution in [-0.2, 0) is 0 Å². The molecule has 0 spiro atoms. The third-order valence-corrected chi connectivity index (χ3v) is 2.27. The zero-order valence-electron chi connectivity index (χ0n) is 10.4. The van der Waals surface area contributed by atoms with E-state index >= 15 is 0 Å². The predicted molar refractivity (Wildman–Crippen MR) is 60.1 cm³/mol. The Balaban J connectivity index is 2.48. The normalized spacial score (nSPS) is 12.3. The van der Waals surface area contributed by atoms with Gasteiger partial charge in [0.25, 0.3) is 0 Å². The monoisotopic (exact) mass is 306 g/mol. The molecule has 5 nitrogen and oxygen atoms in total. The van der Waals surface area contributed by atoms with Crippen molar-refractivity contribution in [1.82, 2.24) is 15.0 Å². The van der Waals surface area contributed by atoms with Crippen molar-refractivity contribution in [3.8, 4) is 11.8 Å². The molecule has 0 aliphatic carbocycles. The molecule has 21 heavy (non-hydrogen) atoms. The van der Waals surface area contributed by atoms with E-state index in [4.69, 9.17) is 5.73 Å². The number of benzene rings is 1. The summed E-state index contributed by atoms with van der Waals surface area (Å²) in [4.78, 5) is 10.2. The quantitative estimate of drug-likeness (QED) is 0.697. The molecule has 1 aromatic heterocycles. The van der Waals surface area contributed by atoms with E-state index in [-0.39, 0.29) is 6.07 Å². The highest BCUT2D eigenvalue weighted by atomic mass is 19.2. The summed E-state index contributed by atoms with van der Waals surface area (Å²) in [6.45, 7) is 1.07. The minimum atomic E-state index is -1.79. The molecule has 0 bridgehead atoms. The number of nitrogen functional groups attached to an aromatic ring is 1. The lowest BCUT2D eigenvalue weighted by Crippen LogP contribution is -2.07. The highest BCUT2D eigenvalue weighted by Crippen LogP contribution is 2.30. The molecule has 2 rings (SSSR count). The Bertz CT molecular complexity index is 669. The van der Waals surface area contributed by atoms with Crippen LogP contribution < -0.4 is 10.5 Å². The van der Waals surface area contributed by atoms with Crippen LogP contribution in [0.1, 0.15) is 18.9 Å². The van der Waals surface area contributed by atoms with Gasteiger partial charge >= 0.3 is 6.01 Å². The van der Waals surface area contributed by atoms with Gasteiger partial charge in [0.05, 0.1) is 0 Å². The number of hydrogen-bond donors (Lipinski definition) is 1. The summed E-state index contributed by atoms with van der Waals surface area (Å²) in [5.41, 5.74) is 5.24. The molecule has 10 heteroatoms. The summed E-state index contributed by atoms with van der Waals surface area (Å²) >= 11 is 0. The molecular weight excluding hydrogens is 299 g/mol. The van der Waals surface area contributed by atoms with Gasteiger partial charge in [0, 0.05) is 6.07 Å². The van der Waals surface area contributed by atoms with E-state index in [1.54, 1.807) is 0 Å². The van der Waals surface area contributed by atoms with E-state index in [0.717, 1.165) is 6.92 Å². The smallest absolute Gasteiger partial charge is 0.327 e. The molecule has 1 aromatic carbocycles. The first-order valence-corrected chi connectivity index (χ1v) is 5.46. The van der Waals surface area contributed by atoms with E-state index in [1.165, 1.54) is 0 Å². The van der Waals surface area contributed by atoms with Crippen molar-refractivity contribution >= 4 is 5.95 Å². The number of hydrogen-bond acceptors (Lipinski definition) is 5. The van der Waals surface area contributed by atoms with Crippen molar-refractivity contribution in [2.24, 2.45) is 0 Å². The lowest BCUT2D eigenvalue weighted by molar-refractivity contribution is 0.330. The fourth-order valence-electron chi connectivity index (χ4n) is 1.34. The highest BCUT2D eigenvalue weighted by molar-refractivity contribution is 5.31. The van der Waals surface area contributed by atoms with Gasteiger partial charge in [-0.1, -0.05) is 0 Å². The highest BCUT2D eigenvalue weighted by Gasteiger charge is 2.23. The molecule has 2 N–H and O–H groups in total. The summed E-state index contributed by atoms with van der Waals surface area (Å²) in [6, 6.07) is -0.793. The third kappa shape index (κ3) is 2.98. The van der Waals surface area contributed by atoms with E-state index in [2.05, 4.69) is 19.7 Å². The van der Waals surface area contributed by atoms with Crippen molar-refractivity contribution in [3.63, 3.8) is 0 Å². The number of ether oxygens (including phenoxy) is 1. The number of aromatic nitrogens is 3. The number of halogens is 5. The average molecular weight is 306 g/mol. The topological polar surface area (TPSA) is 73.9 Å². The number of nitrogens with zero attached hydrogens (tertiary/aromatic N) is 3. The maximum Gasteiger partial charge on any atom is 0.327 e. The minimum Gasteiger partial charge on any atom is -0.418 e. The van der Waals surface area contributed by atoms with Crippen molar-refractivity contribution in [2.45, 2.75) is 13.1 Å². The van der Waals surface area contributed by atoms with Crippen molar-refractivity contribution in [3.05, 3.63) is 35.2 Å². The third-order valence-electron chi connectivity index (χ3n) is 2.27. The first kappa shape index (κ1) is 14.9. The number of alkyl halides is 1. The van der Waals surface area contributed by atoms with Crippen LogP contribution in [0, 0.1) is 23.3 Å². The van der Waals surface area contributed by atoms with Crippen molar-refractivity contribution < 1.29 is 26.7 Å². The van der Waals surface area contributed by atoms with Crippen LogP contribution >= 0.6 is 0 Å². The van der Waals surface area contributed by atoms with E-state index < -0.39 is 53.0 Å². The maximum atomic E-state index is 13.4. The Labute approximate surface area is 114 Å². The Hall–Kier alpha value is -2.52. The molecule has 0 amide bonds. The summed E-state index contributed by atoms with van der Waals surface area (Å²) in [5.74, 6) is -9.29. The van der Waals surface area contributed by atoms with Gasteiger partial charge in [-0.15, -0.1) is 0 Å². The van der Waals surface area contributed by atoms with Gasteiger partial charge < -0.3 is 10.5 Å². The van der Waals surface area contributed by atoms with Crippen molar-refractivity contribution in [2.75, 3.05) is 5.73 Å². The van der Waals surface area contributed by atoms with E-state index in [9.17, 15) is 22.0 Å². The SMILES string of the molecule is CC(F)c1nc(N)nc(Oc2c(F)c(F)cc(F)c2F)n1. The Morgan fingerprint density at radius 3 is 2.14 bits per heavy atom. The summed E-state index contributed by atoms with van der Waals surface area (Å²) in [6.07, 6.45) is -1.67. The molecule has 0 saturated heterocycles. The predicted octanol–water partition coefficient (Wildman–Crippen LogP) is 2.83. The van der Waals surface area contributed by atoms with Crippen molar-refractivity contribution in [1.29, 1.82) is 0 Å². The second-order valence-electron chi connectivity index (χ2n) is 3.85. The molecule has 0 saturated carbocycles. The number of nitrogens with two attached hydrogens (primary N) is 1. The summed E-state index contributed by atoms with van der Waals surface area (Å²) in [7, 11) is 0. The first-order valence-electron chi connectivity index (χ1n) is 5.46. The van der Waals surface area contributed by atoms with Crippen LogP contribution in [0.5, 0.6) is 11.8 Å². The molecule has 1 heterocycles. The Morgan fingerprint density at radius 1 is 1.05 bits per heavy atom. The molecule has 0 fully saturated rings. The lowest BCUT2D eigenvalue weighted by Gasteiger charge is -2.09. The molecule has 1 unspecified atom stereocenters. The second kappa shape index (κ2) is 5.46. The molecule has 0 radical (unpaired) electrons. The minimum absolute atomic E-state index is 0.00829. The largest absolute Gasteiger partial charge is 0.418 e. The van der Waals surface area contributed by atoms with Crippen LogP contribution in [0.4, 0.5) is 27.9 Å². The molecule has 0 aliphatic rings. The standard InChI is InChI=1S/C11H7F5N4O/c1-3(12)9-18-10(17)20-11(19-9)21-8-6(15)4(13)2-5(14)7(8)16/h2-3H,1H3,(H2,17,18,19,20). The van der Waals surface area contributed by atoms with Crippen LogP contribution in [-0.4, -0.2) is 15.0 Å². The zero-order valence-corrected chi connectivity index (χ0v) is 10.4. The van der Waals surface area contributed by atoms with E-state index in [1.807, 2.05) is 0 Å². The van der Waals surface area contributed by atoms with Crippen LogP contribution in [0.15, 0.2) is 6.07 Å². The van der Waals surface area contributed by atoms with Crippen LogP contribution in [0.25, 0.3) is 0 Å². The molecule has 0 aliphatic heterocycles. The second-order valence-corrected chi connectivity index (χ2v) is 3.85. The van der Waals surface area contributed by atoms with Crippen LogP contribution in [0.3, 0.4) is 0 Å². The Morgan fingerprint density at radius 2 is 1.62 bits per heavy atom. The summed E-state index contributed by atoms with van der Waals surface area (Å²) in [5, 5.41) is 0. The zero-order chi connectivity index (χ0) is 15.7. The molecular formula is C11H7F5N4O. The molecule has 2 aromatic rings. The summed E-state index contributed by atoms with van der Waals surface area (Å²) < 4.78 is 70.5. The van der Waals surface area contributed by atoms with Gasteiger partial charge in [0.15, 0.2) is 23.6 Å². The van der Waals surface area contributed by atoms with E-state index in [0.29, 0.717) is 0 Å². The molecule has 112 valence electrons. The lowest BCUT2D eigenvalue weighted by atomic mass is 10.3. The van der Waals surface area contributed by atoms with Gasteiger partial charge in [-0.2, -0.15) is 23.7 Å². The van der Waals surface area contributed by atoms with Crippen LogP contribution in [0.2, 0.25) is 0 Å². The first-order chi connectivity index (χ1) is 9.79. The number of anilines is 1. The average Bonchev–Trinajstić information content (AvgIpc) is 2.41. The van der Waals surface area contributed by atoms with Gasteiger partial charge in [-0.05, 0) is 6.92 Å². The molecule has 1 atom stereocenters. The fraction of sp³-hybridized carbons (Fsp3) is 0.182. The van der Waals surface area contributed by atoms with Gasteiger partial charge in [0.2, 0.25) is 23.3 Å². The Kier molecular flexibility index (Phi) is 3.87. The van der Waals surface area contributed by atoms with Gasteiger partial charge in [-0.25, -0.2) is 13.2 Å². The number of rotatable bonds is 3. The fourth-order valence-corrected chi connectivity index (χ4v) is 1.34. The van der Waals surface area contributed by atoms with Gasteiger partial charge in [-0.3, -0.25) is 0 Å². The van der Waals surface area contributed by atoms with Gasteiger partial charge in [0.1, 0.15) is 0 Å². The maximum absolute atomic E-state index is 13.4.